The Balaban J connectivity index is 1.21. The molecule has 0 radical (unpaired) electrons. The molecule has 4 aromatic rings. The van der Waals surface area contributed by atoms with Gasteiger partial charge in [0.15, 0.2) is 5.82 Å². The number of amides is 1. The first kappa shape index (κ1) is 32.8. The van der Waals surface area contributed by atoms with Gasteiger partial charge >= 0.3 is 5.97 Å². The number of methoxy groups -OCH3 is 1. The minimum absolute atomic E-state index is 0.0827. The number of carbonyl (C=O) groups excluding carboxylic acids is 2. The van der Waals surface area contributed by atoms with Gasteiger partial charge in [-0.15, -0.1) is 0 Å². The number of nitrogens with zero attached hydrogens (tertiary/aromatic N) is 7. The van der Waals surface area contributed by atoms with E-state index in [1.807, 2.05) is 22.9 Å². The highest BCUT2D eigenvalue weighted by Crippen LogP contribution is 2.40. The van der Waals surface area contributed by atoms with Crippen molar-refractivity contribution in [3.63, 3.8) is 0 Å². The fraction of sp³-hybridized carbons (Fsp3) is 0.472. The van der Waals surface area contributed by atoms with Crippen LogP contribution in [0.1, 0.15) is 60.7 Å². The van der Waals surface area contributed by atoms with Crippen LogP contribution >= 0.6 is 0 Å². The van der Waals surface area contributed by atoms with Crippen LogP contribution in [0, 0.1) is 5.41 Å². The van der Waals surface area contributed by atoms with E-state index in [2.05, 4.69) is 40.5 Å². The van der Waals surface area contributed by atoms with Crippen molar-refractivity contribution in [1.29, 1.82) is 0 Å². The van der Waals surface area contributed by atoms with Crippen LogP contribution in [0.15, 0.2) is 41.5 Å². The zero-order valence-corrected chi connectivity index (χ0v) is 29.1. The zero-order chi connectivity index (χ0) is 34.6. The van der Waals surface area contributed by atoms with E-state index in [4.69, 9.17) is 14.6 Å². The molecule has 0 saturated carbocycles. The second-order valence-electron chi connectivity index (χ2n) is 14.3. The van der Waals surface area contributed by atoms with Gasteiger partial charge in [0.05, 0.1) is 18.8 Å². The number of esters is 1. The van der Waals surface area contributed by atoms with E-state index in [-0.39, 0.29) is 29.5 Å². The number of carbonyl (C=O) groups is 2. The summed E-state index contributed by atoms with van der Waals surface area (Å²) < 4.78 is 16.5. The highest BCUT2D eigenvalue weighted by Gasteiger charge is 2.37. The summed E-state index contributed by atoms with van der Waals surface area (Å²) in [5.74, 6) is 0.446. The molecular weight excluding hydrogens is 624 g/mol. The first-order valence-electron chi connectivity index (χ1n) is 16.8. The van der Waals surface area contributed by atoms with Crippen LogP contribution < -0.4 is 15.8 Å². The van der Waals surface area contributed by atoms with E-state index in [0.29, 0.717) is 59.4 Å². The van der Waals surface area contributed by atoms with Gasteiger partial charge in [0, 0.05) is 88.6 Å². The maximum Gasteiger partial charge on any atom is 0.302 e. The number of hydrogen-bond donors (Lipinski definition) is 1. The molecule has 0 aromatic carbocycles. The lowest BCUT2D eigenvalue weighted by Crippen LogP contribution is -2.41. The smallest absolute Gasteiger partial charge is 0.302 e. The third-order valence-electron chi connectivity index (χ3n) is 9.95. The van der Waals surface area contributed by atoms with E-state index in [0.717, 1.165) is 38.2 Å². The lowest BCUT2D eigenvalue weighted by atomic mass is 9.90. The highest BCUT2D eigenvalue weighted by atomic mass is 16.5. The van der Waals surface area contributed by atoms with E-state index in [1.54, 1.807) is 37.5 Å². The summed E-state index contributed by atoms with van der Waals surface area (Å²) in [4.78, 5) is 48.2. The van der Waals surface area contributed by atoms with Gasteiger partial charge in [-0.2, -0.15) is 5.10 Å². The predicted molar refractivity (Wildman–Crippen MR) is 185 cm³/mol. The fourth-order valence-electron chi connectivity index (χ4n) is 7.57. The van der Waals surface area contributed by atoms with Crippen LogP contribution in [-0.2, 0) is 60.4 Å². The van der Waals surface area contributed by atoms with Crippen molar-refractivity contribution in [2.75, 3.05) is 37.0 Å². The molecule has 7 rings (SSSR count). The average molecular weight is 669 g/mol. The Morgan fingerprint density at radius 2 is 1.92 bits per heavy atom. The van der Waals surface area contributed by atoms with Crippen LogP contribution in [0.5, 0.6) is 0 Å². The number of hydrogen-bond acceptors (Lipinski definition) is 9. The number of aryl methyl sites for hydroxylation is 1. The van der Waals surface area contributed by atoms with Gasteiger partial charge in [-0.3, -0.25) is 28.9 Å². The van der Waals surface area contributed by atoms with Crippen LogP contribution in [0.25, 0.3) is 11.1 Å². The molecule has 13 nitrogen and oxygen atoms in total. The van der Waals surface area contributed by atoms with E-state index < -0.39 is 5.97 Å². The molecule has 0 bridgehead atoms. The summed E-state index contributed by atoms with van der Waals surface area (Å²) in [6.07, 6.45) is 5.28. The molecule has 0 saturated heterocycles. The predicted octanol–water partition coefficient (Wildman–Crippen LogP) is 3.89. The molecular formula is C36H44N8O5. The number of nitrogens with one attached hydrogen (secondary N) is 1. The monoisotopic (exact) mass is 668 g/mol. The highest BCUT2D eigenvalue weighted by molar-refractivity contribution is 6.06. The Morgan fingerprint density at radius 3 is 2.69 bits per heavy atom. The maximum atomic E-state index is 14.0. The van der Waals surface area contributed by atoms with E-state index >= 15 is 0 Å². The second-order valence-corrected chi connectivity index (χ2v) is 14.3. The Morgan fingerprint density at radius 1 is 1.10 bits per heavy atom. The van der Waals surface area contributed by atoms with Crippen molar-refractivity contribution < 1.29 is 19.1 Å². The van der Waals surface area contributed by atoms with Gasteiger partial charge in [0.25, 0.3) is 11.5 Å². The van der Waals surface area contributed by atoms with Gasteiger partial charge < -0.3 is 23.9 Å². The van der Waals surface area contributed by atoms with Crippen molar-refractivity contribution in [1.82, 2.24) is 28.8 Å². The van der Waals surface area contributed by atoms with Gasteiger partial charge in [-0.25, -0.2) is 4.98 Å². The van der Waals surface area contributed by atoms with Crippen molar-refractivity contribution in [3.05, 3.63) is 75.2 Å². The molecule has 1 unspecified atom stereocenters. The molecule has 1 atom stereocenters. The van der Waals surface area contributed by atoms with Crippen molar-refractivity contribution in [2.24, 2.45) is 12.5 Å². The summed E-state index contributed by atoms with van der Waals surface area (Å²) >= 11 is 0. The summed E-state index contributed by atoms with van der Waals surface area (Å²) in [5, 5.41) is 8.00. The van der Waals surface area contributed by atoms with Crippen LogP contribution in [0.4, 0.5) is 17.3 Å². The minimum Gasteiger partial charge on any atom is -0.461 e. The van der Waals surface area contributed by atoms with Crippen LogP contribution in [0.2, 0.25) is 0 Å². The molecule has 4 aromatic heterocycles. The number of ether oxygens (including phenoxy) is 2. The number of pyridine rings is 2. The van der Waals surface area contributed by atoms with Crippen LogP contribution in [0.3, 0.4) is 0 Å². The van der Waals surface area contributed by atoms with Gasteiger partial charge in [0.2, 0.25) is 0 Å². The maximum absolute atomic E-state index is 14.0. The molecule has 2 aliphatic heterocycles. The number of fused-ring (bicyclic) bond motifs is 4. The first-order valence-corrected chi connectivity index (χ1v) is 16.8. The summed E-state index contributed by atoms with van der Waals surface area (Å²) in [5.41, 5.74) is 6.50. The Labute approximate surface area is 285 Å². The third-order valence-corrected chi connectivity index (χ3v) is 9.95. The normalized spacial score (nSPS) is 17.4. The SMILES string of the molecule is COCC(C)N1CCn2nc(Nc3cc(-c4ccnc(N5CCn6c(cc7c6CC(C)(C)C7)C5=O)c4COC(C)=O)cn(C)c3=O)cc2C1. The largest absolute Gasteiger partial charge is 0.461 e. The lowest BCUT2D eigenvalue weighted by Gasteiger charge is -2.32. The van der Waals surface area contributed by atoms with Crippen molar-refractivity contribution in [3.8, 4) is 11.1 Å². The zero-order valence-electron chi connectivity index (χ0n) is 29.1. The van der Waals surface area contributed by atoms with Gasteiger partial charge in [0.1, 0.15) is 23.8 Å². The van der Waals surface area contributed by atoms with Crippen LogP contribution in [-0.4, -0.2) is 73.5 Å². The van der Waals surface area contributed by atoms with Gasteiger partial charge in [-0.05, 0) is 54.5 Å². The summed E-state index contributed by atoms with van der Waals surface area (Å²) in [6.45, 7) is 12.0. The van der Waals surface area contributed by atoms with Crippen molar-refractivity contribution in [2.45, 2.75) is 72.8 Å². The molecule has 6 heterocycles. The Bertz CT molecular complexity index is 2010. The Kier molecular flexibility index (Phi) is 8.44. The molecule has 1 N–H and O–H groups in total. The molecule has 0 spiro atoms. The van der Waals surface area contributed by atoms with E-state index in [1.165, 1.54) is 22.7 Å². The molecule has 3 aliphatic rings. The lowest BCUT2D eigenvalue weighted by molar-refractivity contribution is -0.142. The third kappa shape index (κ3) is 6.17. The quantitative estimate of drug-likeness (QED) is 0.264. The average Bonchev–Trinajstić information content (AvgIpc) is 3.71. The molecule has 1 amide bonds. The minimum atomic E-state index is -0.444. The topological polar surface area (TPSA) is 129 Å². The standard InChI is InChI=1S/C36H44N8O5/c1-22(20-48-6)41-9-12-44-26(19-41)15-32(39-44)38-29-13-25(18-40(5)34(29)46)27-7-8-37-33(28(27)21-49-23(2)45)43-11-10-42-30(35(43)47)14-24-16-36(3,4)17-31(24)42/h7-8,13-15,18,22H,9-12,16-17,19-21H2,1-6H3,(H,38,39). The molecule has 13 heteroatoms. The number of aromatic nitrogens is 5. The van der Waals surface area contributed by atoms with Gasteiger partial charge in [-0.1, -0.05) is 13.8 Å². The number of rotatable bonds is 9. The molecule has 258 valence electrons. The summed E-state index contributed by atoms with van der Waals surface area (Å²) in [6, 6.07) is 7.89. The molecule has 0 fully saturated rings. The fourth-order valence-corrected chi connectivity index (χ4v) is 7.57. The number of anilines is 3. The van der Waals surface area contributed by atoms with E-state index in [9.17, 15) is 14.4 Å². The molecule has 49 heavy (non-hydrogen) atoms. The van der Waals surface area contributed by atoms with Crippen molar-refractivity contribution >= 4 is 29.2 Å². The molecule has 1 aliphatic carbocycles. The second kappa shape index (κ2) is 12.6. The Hall–Kier alpha value is -4.75. The first-order chi connectivity index (χ1) is 23.4. The summed E-state index contributed by atoms with van der Waals surface area (Å²) in [7, 11) is 3.41.